The van der Waals surface area contributed by atoms with Crippen molar-refractivity contribution in [1.29, 1.82) is 0 Å². The summed E-state index contributed by atoms with van der Waals surface area (Å²) in [6.07, 6.45) is 0.843. The minimum Gasteiger partial charge on any atom is -0.354 e. The highest BCUT2D eigenvalue weighted by molar-refractivity contribution is 6.37. The van der Waals surface area contributed by atoms with Crippen LogP contribution in [0.25, 0.3) is 11.3 Å². The Kier molecular flexibility index (Phi) is 8.23. The minimum absolute atomic E-state index is 0.00946. The molecule has 3 aromatic carbocycles. The molecule has 8 nitrogen and oxygen atoms in total. The third kappa shape index (κ3) is 5.92. The van der Waals surface area contributed by atoms with E-state index in [-0.39, 0.29) is 17.7 Å². The summed E-state index contributed by atoms with van der Waals surface area (Å²) < 4.78 is 0. The van der Waals surface area contributed by atoms with E-state index in [0.29, 0.717) is 35.6 Å². The van der Waals surface area contributed by atoms with Crippen molar-refractivity contribution in [2.24, 2.45) is 0 Å². The van der Waals surface area contributed by atoms with Crippen LogP contribution in [-0.2, 0) is 9.59 Å². The first-order valence-corrected chi connectivity index (χ1v) is 12.6. The van der Waals surface area contributed by atoms with Crippen molar-refractivity contribution in [2.75, 3.05) is 49.8 Å². The van der Waals surface area contributed by atoms with E-state index in [2.05, 4.69) is 16.0 Å². The van der Waals surface area contributed by atoms with Gasteiger partial charge in [-0.05, 0) is 62.5 Å². The second kappa shape index (κ2) is 11.7. The fourth-order valence-electron chi connectivity index (χ4n) is 4.22. The molecule has 0 unspecified atom stereocenters. The summed E-state index contributed by atoms with van der Waals surface area (Å²) in [7, 11) is 5.47. The maximum Gasteiger partial charge on any atom is 0.258 e. The van der Waals surface area contributed by atoms with Crippen LogP contribution in [0.4, 0.5) is 17.1 Å². The normalized spacial score (nSPS) is 13.6. The van der Waals surface area contributed by atoms with E-state index in [1.165, 1.54) is 0 Å². The van der Waals surface area contributed by atoms with Gasteiger partial charge >= 0.3 is 0 Å². The molecule has 3 N–H and O–H groups in total. The number of fused-ring (bicyclic) bond motifs is 1. The predicted molar refractivity (Wildman–Crippen MR) is 153 cm³/mol. The third-order valence-electron chi connectivity index (χ3n) is 6.22. The molecule has 4 rings (SSSR count). The molecule has 1 aliphatic heterocycles. The maximum atomic E-state index is 13.2. The van der Waals surface area contributed by atoms with Crippen molar-refractivity contribution in [3.63, 3.8) is 0 Å². The number of benzene rings is 3. The molecule has 0 radical (unpaired) electrons. The topological polar surface area (TPSA) is 93.8 Å². The Hall–Kier alpha value is -4.43. The van der Waals surface area contributed by atoms with Crippen molar-refractivity contribution >= 4 is 46.1 Å². The van der Waals surface area contributed by atoms with Crippen molar-refractivity contribution in [3.8, 4) is 0 Å². The van der Waals surface area contributed by atoms with Gasteiger partial charge in [0, 0.05) is 41.8 Å². The van der Waals surface area contributed by atoms with E-state index in [4.69, 9.17) is 0 Å². The molecule has 3 aromatic rings. The number of likely N-dealkylation sites (N-methyl/N-ethyl adjacent to an activating group) is 2. The number of hydrogen-bond acceptors (Lipinski definition) is 5. The number of carbonyl (C=O) groups excluding carboxylic acids is 3. The summed E-state index contributed by atoms with van der Waals surface area (Å²) in [6, 6.07) is 22.4. The van der Waals surface area contributed by atoms with E-state index in [1.54, 1.807) is 24.1 Å². The Labute approximate surface area is 223 Å². The van der Waals surface area contributed by atoms with Crippen molar-refractivity contribution in [1.82, 2.24) is 10.2 Å². The van der Waals surface area contributed by atoms with Crippen LogP contribution >= 0.6 is 0 Å². The Bertz CT molecular complexity index is 1360. The van der Waals surface area contributed by atoms with Crippen molar-refractivity contribution < 1.29 is 14.4 Å². The van der Waals surface area contributed by atoms with Gasteiger partial charge in [-0.3, -0.25) is 14.4 Å². The summed E-state index contributed by atoms with van der Waals surface area (Å²) in [5, 5.41) is 9.22. The van der Waals surface area contributed by atoms with Gasteiger partial charge in [-0.25, -0.2) is 0 Å². The zero-order valence-electron chi connectivity index (χ0n) is 22.2. The van der Waals surface area contributed by atoms with E-state index in [1.807, 2.05) is 86.6 Å². The number of nitrogens with one attached hydrogen (secondary N) is 3. The maximum absolute atomic E-state index is 13.2. The second-order valence-corrected chi connectivity index (χ2v) is 9.45. The number of nitrogens with zero attached hydrogens (tertiary/aromatic N) is 2. The van der Waals surface area contributed by atoms with Crippen LogP contribution in [0.3, 0.4) is 0 Å². The highest BCUT2D eigenvalue weighted by Crippen LogP contribution is 2.38. The van der Waals surface area contributed by atoms with Gasteiger partial charge in [0.1, 0.15) is 0 Å². The van der Waals surface area contributed by atoms with Gasteiger partial charge in [-0.15, -0.1) is 0 Å². The SMILES string of the molecule is CCCNC(=O)c1ccc2c(c1)NC(=O)/C2=C(\Nc1ccc(N(C)C(=O)CN(C)C)cc1)c1ccccc1. The Morgan fingerprint density at radius 2 is 1.61 bits per heavy atom. The van der Waals surface area contributed by atoms with Crippen LogP contribution in [0.5, 0.6) is 0 Å². The molecule has 196 valence electrons. The minimum atomic E-state index is -0.247. The first-order valence-electron chi connectivity index (χ1n) is 12.6. The van der Waals surface area contributed by atoms with Crippen LogP contribution in [0.1, 0.15) is 34.8 Å². The largest absolute Gasteiger partial charge is 0.354 e. The molecule has 8 heteroatoms. The number of rotatable bonds is 9. The summed E-state index contributed by atoms with van der Waals surface area (Å²) in [4.78, 5) is 41.6. The second-order valence-electron chi connectivity index (χ2n) is 9.45. The molecule has 38 heavy (non-hydrogen) atoms. The molecule has 0 saturated carbocycles. The van der Waals surface area contributed by atoms with E-state index in [9.17, 15) is 14.4 Å². The molecule has 0 bridgehead atoms. The first kappa shape index (κ1) is 26.6. The number of amides is 3. The number of anilines is 3. The number of hydrogen-bond donors (Lipinski definition) is 3. The Morgan fingerprint density at radius 3 is 2.26 bits per heavy atom. The molecular formula is C30H33N5O3. The third-order valence-corrected chi connectivity index (χ3v) is 6.22. The fraction of sp³-hybridized carbons (Fsp3) is 0.233. The van der Waals surface area contributed by atoms with Gasteiger partial charge in [0.15, 0.2) is 0 Å². The van der Waals surface area contributed by atoms with Crippen LogP contribution in [0.2, 0.25) is 0 Å². The monoisotopic (exact) mass is 511 g/mol. The van der Waals surface area contributed by atoms with Crippen molar-refractivity contribution in [2.45, 2.75) is 13.3 Å². The van der Waals surface area contributed by atoms with Crippen LogP contribution < -0.4 is 20.9 Å². The number of carbonyl (C=O) groups is 3. The lowest BCUT2D eigenvalue weighted by Crippen LogP contribution is -2.34. The van der Waals surface area contributed by atoms with E-state index < -0.39 is 0 Å². The molecule has 0 spiro atoms. The lowest BCUT2D eigenvalue weighted by molar-refractivity contribution is -0.119. The van der Waals surface area contributed by atoms with Gasteiger partial charge in [0.2, 0.25) is 5.91 Å². The molecule has 0 aliphatic carbocycles. The standard InChI is InChI=1S/C30H33N5O3/c1-5-17-31-29(37)21-11-16-24-25(18-21)33-30(38)27(24)28(20-9-7-6-8-10-20)32-22-12-14-23(15-13-22)35(4)26(36)19-34(2)3/h6-16,18,32H,5,17,19H2,1-4H3,(H,31,37)(H,33,38)/b28-27-. The van der Waals surface area contributed by atoms with Crippen LogP contribution in [0.15, 0.2) is 72.8 Å². The average molecular weight is 512 g/mol. The van der Waals surface area contributed by atoms with Crippen LogP contribution in [0, 0.1) is 0 Å². The van der Waals surface area contributed by atoms with Gasteiger partial charge < -0.3 is 25.8 Å². The molecule has 1 heterocycles. The molecule has 0 atom stereocenters. The van der Waals surface area contributed by atoms with E-state index >= 15 is 0 Å². The molecule has 0 aromatic heterocycles. The smallest absolute Gasteiger partial charge is 0.258 e. The lowest BCUT2D eigenvalue weighted by atomic mass is 9.99. The highest BCUT2D eigenvalue weighted by Gasteiger charge is 2.29. The molecule has 1 aliphatic rings. The summed E-state index contributed by atoms with van der Waals surface area (Å²) in [5.74, 6) is -0.426. The Balaban J connectivity index is 1.68. The quantitative estimate of drug-likeness (QED) is 0.373. The van der Waals surface area contributed by atoms with Gasteiger partial charge in [-0.2, -0.15) is 0 Å². The van der Waals surface area contributed by atoms with E-state index in [0.717, 1.165) is 28.9 Å². The highest BCUT2D eigenvalue weighted by atomic mass is 16.2. The zero-order chi connectivity index (χ0) is 27.2. The lowest BCUT2D eigenvalue weighted by Gasteiger charge is -2.20. The first-order chi connectivity index (χ1) is 18.3. The summed E-state index contributed by atoms with van der Waals surface area (Å²) in [5.41, 5.74) is 5.34. The van der Waals surface area contributed by atoms with Gasteiger partial charge in [-0.1, -0.05) is 43.3 Å². The predicted octanol–water partition coefficient (Wildman–Crippen LogP) is 4.28. The molecule has 3 amide bonds. The molecule has 0 saturated heterocycles. The molecule has 0 fully saturated rings. The summed E-state index contributed by atoms with van der Waals surface area (Å²) in [6.45, 7) is 2.90. The zero-order valence-corrected chi connectivity index (χ0v) is 22.2. The van der Waals surface area contributed by atoms with Crippen LogP contribution in [-0.4, -0.2) is 56.9 Å². The van der Waals surface area contributed by atoms with Gasteiger partial charge in [0.25, 0.3) is 11.8 Å². The fourth-order valence-corrected chi connectivity index (χ4v) is 4.22. The van der Waals surface area contributed by atoms with Gasteiger partial charge in [0.05, 0.1) is 17.8 Å². The Morgan fingerprint density at radius 1 is 0.895 bits per heavy atom. The van der Waals surface area contributed by atoms with Crippen molar-refractivity contribution in [3.05, 3.63) is 89.5 Å². The average Bonchev–Trinajstić information content (AvgIpc) is 3.25. The summed E-state index contributed by atoms with van der Waals surface area (Å²) >= 11 is 0. The molecular weight excluding hydrogens is 478 g/mol.